The zero-order valence-corrected chi connectivity index (χ0v) is 15.2. The van der Waals surface area contributed by atoms with Crippen molar-refractivity contribution in [2.45, 2.75) is 5.03 Å². The van der Waals surface area contributed by atoms with Crippen LogP contribution in [-0.4, -0.2) is 34.2 Å². The van der Waals surface area contributed by atoms with E-state index in [4.69, 9.17) is 16.3 Å². The van der Waals surface area contributed by atoms with Gasteiger partial charge in [0.15, 0.2) is 6.61 Å². The number of rotatable bonds is 6. The fourth-order valence-electron chi connectivity index (χ4n) is 1.95. The minimum Gasteiger partial charge on any atom is -0.455 e. The van der Waals surface area contributed by atoms with Gasteiger partial charge in [0.05, 0.1) is 16.5 Å². The maximum absolute atomic E-state index is 11.8. The van der Waals surface area contributed by atoms with Gasteiger partial charge in [0, 0.05) is 5.39 Å². The monoisotopic (exact) mass is 393 g/mol. The zero-order valence-electron chi connectivity index (χ0n) is 12.8. The molecule has 0 spiro atoms. The highest BCUT2D eigenvalue weighted by Gasteiger charge is 2.12. The molecule has 3 rings (SSSR count). The van der Waals surface area contributed by atoms with E-state index in [1.807, 2.05) is 11.4 Å². The fourth-order valence-corrected chi connectivity index (χ4v) is 3.71. The molecule has 0 aliphatic heterocycles. The summed E-state index contributed by atoms with van der Waals surface area (Å²) in [5.41, 5.74) is 0.473. The number of carbonyl (C=O) groups excluding carboxylic acids is 2. The van der Waals surface area contributed by atoms with Crippen LogP contribution in [0.4, 0.5) is 5.69 Å². The Kier molecular flexibility index (Phi) is 5.85. The highest BCUT2D eigenvalue weighted by atomic mass is 35.5. The van der Waals surface area contributed by atoms with E-state index in [-0.39, 0.29) is 12.4 Å². The highest BCUT2D eigenvalue weighted by Crippen LogP contribution is 2.27. The molecule has 6 nitrogen and oxygen atoms in total. The lowest BCUT2D eigenvalue weighted by atomic mass is 10.3. The van der Waals surface area contributed by atoms with E-state index in [0.717, 1.165) is 10.2 Å². The third-order valence-corrected chi connectivity index (χ3v) is 5.19. The van der Waals surface area contributed by atoms with E-state index in [0.29, 0.717) is 15.7 Å². The second kappa shape index (κ2) is 8.28. The predicted molar refractivity (Wildman–Crippen MR) is 99.2 cm³/mol. The van der Waals surface area contributed by atoms with Crippen molar-refractivity contribution in [3.8, 4) is 0 Å². The number of fused-ring (bicyclic) bond motifs is 1. The second-order valence-electron chi connectivity index (χ2n) is 4.80. The van der Waals surface area contributed by atoms with Gasteiger partial charge in [0.2, 0.25) is 0 Å². The summed E-state index contributed by atoms with van der Waals surface area (Å²) >= 11 is 8.71. The van der Waals surface area contributed by atoms with Crippen LogP contribution < -0.4 is 5.32 Å². The molecular formula is C16H12ClN3O3S2. The largest absolute Gasteiger partial charge is 0.455 e. The number of nitrogens with one attached hydrogen (secondary N) is 1. The first-order valence-electron chi connectivity index (χ1n) is 7.14. The lowest BCUT2D eigenvalue weighted by Crippen LogP contribution is -2.21. The smallest absolute Gasteiger partial charge is 0.316 e. The lowest BCUT2D eigenvalue weighted by Gasteiger charge is -2.07. The van der Waals surface area contributed by atoms with Crippen molar-refractivity contribution in [3.05, 3.63) is 47.1 Å². The van der Waals surface area contributed by atoms with Gasteiger partial charge in [-0.15, -0.1) is 11.3 Å². The fraction of sp³-hybridized carbons (Fsp3) is 0.125. The van der Waals surface area contributed by atoms with E-state index >= 15 is 0 Å². The van der Waals surface area contributed by atoms with Crippen LogP contribution in [0.15, 0.2) is 47.1 Å². The summed E-state index contributed by atoms with van der Waals surface area (Å²) in [5, 5.41) is 6.54. The Morgan fingerprint density at radius 3 is 2.92 bits per heavy atom. The predicted octanol–water partition coefficient (Wildman–Crippen LogP) is 3.62. The van der Waals surface area contributed by atoms with E-state index in [1.54, 1.807) is 24.3 Å². The van der Waals surface area contributed by atoms with Crippen molar-refractivity contribution >= 4 is 62.5 Å². The van der Waals surface area contributed by atoms with Gasteiger partial charge in [0.25, 0.3) is 5.91 Å². The van der Waals surface area contributed by atoms with Crippen molar-refractivity contribution in [1.29, 1.82) is 0 Å². The Labute approximate surface area is 156 Å². The van der Waals surface area contributed by atoms with Crippen molar-refractivity contribution in [1.82, 2.24) is 9.97 Å². The molecule has 9 heteroatoms. The van der Waals surface area contributed by atoms with Crippen LogP contribution in [-0.2, 0) is 14.3 Å². The van der Waals surface area contributed by atoms with Gasteiger partial charge < -0.3 is 10.1 Å². The van der Waals surface area contributed by atoms with Gasteiger partial charge in [-0.3, -0.25) is 9.59 Å². The number of benzene rings is 1. The maximum atomic E-state index is 11.8. The van der Waals surface area contributed by atoms with E-state index < -0.39 is 11.9 Å². The lowest BCUT2D eigenvalue weighted by molar-refractivity contribution is -0.144. The summed E-state index contributed by atoms with van der Waals surface area (Å²) in [6.07, 6.45) is 1.46. The minimum atomic E-state index is -0.499. The molecule has 0 aliphatic carbocycles. The number of nitrogens with zero attached hydrogens (tertiary/aromatic N) is 2. The summed E-state index contributed by atoms with van der Waals surface area (Å²) in [5.74, 6) is -0.892. The van der Waals surface area contributed by atoms with Crippen LogP contribution in [0.5, 0.6) is 0 Å². The van der Waals surface area contributed by atoms with Gasteiger partial charge in [-0.25, -0.2) is 9.97 Å². The summed E-state index contributed by atoms with van der Waals surface area (Å²) in [4.78, 5) is 32.8. The maximum Gasteiger partial charge on any atom is 0.316 e. The molecule has 0 aliphatic rings. The molecule has 0 saturated heterocycles. The summed E-state index contributed by atoms with van der Waals surface area (Å²) in [6.45, 7) is -0.373. The van der Waals surface area contributed by atoms with E-state index in [1.165, 1.54) is 29.4 Å². The van der Waals surface area contributed by atoms with Gasteiger partial charge in [0.1, 0.15) is 16.2 Å². The number of aromatic nitrogens is 2. The second-order valence-corrected chi connectivity index (χ2v) is 7.06. The molecule has 1 aromatic carbocycles. The van der Waals surface area contributed by atoms with Gasteiger partial charge in [-0.2, -0.15) is 0 Å². The number of halogens is 1. The van der Waals surface area contributed by atoms with Crippen LogP contribution in [0.1, 0.15) is 0 Å². The Hall–Kier alpha value is -2.16. The van der Waals surface area contributed by atoms with Gasteiger partial charge >= 0.3 is 5.97 Å². The molecule has 3 aromatic rings. The number of esters is 1. The number of para-hydroxylation sites is 1. The molecule has 128 valence electrons. The summed E-state index contributed by atoms with van der Waals surface area (Å²) < 4.78 is 4.98. The topological polar surface area (TPSA) is 81.2 Å². The Morgan fingerprint density at radius 2 is 2.08 bits per heavy atom. The number of anilines is 1. The molecule has 0 saturated carbocycles. The molecule has 0 atom stereocenters. The summed E-state index contributed by atoms with van der Waals surface area (Å²) in [6, 6.07) is 8.74. The number of thioether (sulfide) groups is 1. The first kappa shape index (κ1) is 17.7. The molecule has 0 unspecified atom stereocenters. The SMILES string of the molecule is O=C(COC(=O)CSc1ncnc2sccc12)Nc1ccccc1Cl. The van der Waals surface area contributed by atoms with Crippen LogP contribution in [0, 0.1) is 0 Å². The zero-order chi connectivity index (χ0) is 17.6. The van der Waals surface area contributed by atoms with Crippen molar-refractivity contribution in [3.63, 3.8) is 0 Å². The third kappa shape index (κ3) is 4.68. The van der Waals surface area contributed by atoms with E-state index in [2.05, 4.69) is 15.3 Å². The standard InChI is InChI=1S/C16H12ClN3O3S2/c17-11-3-1-2-4-12(11)20-13(21)7-23-14(22)8-25-16-10-5-6-24-15(10)18-9-19-16/h1-6,9H,7-8H2,(H,20,21). The normalized spacial score (nSPS) is 10.6. The average Bonchev–Trinajstić information content (AvgIpc) is 3.09. The number of thiophene rings is 1. The van der Waals surface area contributed by atoms with Crippen LogP contribution >= 0.6 is 34.7 Å². The molecule has 1 amide bonds. The first-order chi connectivity index (χ1) is 12.1. The van der Waals surface area contributed by atoms with Crippen LogP contribution in [0.25, 0.3) is 10.2 Å². The molecule has 1 N–H and O–H groups in total. The van der Waals surface area contributed by atoms with Crippen LogP contribution in [0.3, 0.4) is 0 Å². The first-order valence-corrected chi connectivity index (χ1v) is 9.39. The van der Waals surface area contributed by atoms with E-state index in [9.17, 15) is 9.59 Å². The third-order valence-electron chi connectivity index (χ3n) is 3.06. The molecule has 2 heterocycles. The number of ether oxygens (including phenoxy) is 1. The molecular weight excluding hydrogens is 382 g/mol. The number of amides is 1. The Bertz CT molecular complexity index is 916. The molecule has 0 bridgehead atoms. The van der Waals surface area contributed by atoms with Crippen molar-refractivity contribution in [2.75, 3.05) is 17.7 Å². The van der Waals surface area contributed by atoms with Crippen molar-refractivity contribution in [2.24, 2.45) is 0 Å². The molecule has 0 fully saturated rings. The van der Waals surface area contributed by atoms with Gasteiger partial charge in [-0.1, -0.05) is 35.5 Å². The average molecular weight is 394 g/mol. The molecule has 25 heavy (non-hydrogen) atoms. The van der Waals surface area contributed by atoms with Crippen molar-refractivity contribution < 1.29 is 14.3 Å². The van der Waals surface area contributed by atoms with Gasteiger partial charge in [-0.05, 0) is 23.6 Å². The quantitative estimate of drug-likeness (QED) is 0.391. The van der Waals surface area contributed by atoms with Crippen LogP contribution in [0.2, 0.25) is 5.02 Å². The minimum absolute atomic E-state index is 0.0569. The molecule has 2 aromatic heterocycles. The number of carbonyl (C=O) groups is 2. The highest BCUT2D eigenvalue weighted by molar-refractivity contribution is 8.00. The number of hydrogen-bond donors (Lipinski definition) is 1. The number of hydrogen-bond acceptors (Lipinski definition) is 7. The Balaban J connectivity index is 1.47. The summed E-state index contributed by atoms with van der Waals surface area (Å²) in [7, 11) is 0. The Morgan fingerprint density at radius 1 is 1.24 bits per heavy atom. The molecule has 0 radical (unpaired) electrons.